The van der Waals surface area contributed by atoms with Gasteiger partial charge >= 0.3 is 5.97 Å². The number of carbonyl (C=O) groups excluding carboxylic acids is 1. The monoisotopic (exact) mass is 305 g/mol. The summed E-state index contributed by atoms with van der Waals surface area (Å²) in [5, 5.41) is 12.6. The van der Waals surface area contributed by atoms with Crippen LogP contribution in [-0.4, -0.2) is 17.0 Å². The number of carboxylic acids is 1. The van der Waals surface area contributed by atoms with E-state index in [0.29, 0.717) is 22.7 Å². The van der Waals surface area contributed by atoms with Crippen molar-refractivity contribution in [3.8, 4) is 0 Å². The second-order valence-corrected chi connectivity index (χ2v) is 6.04. The number of fused-ring (bicyclic) bond motifs is 1. The van der Waals surface area contributed by atoms with Crippen LogP contribution < -0.4 is 5.32 Å². The summed E-state index contributed by atoms with van der Waals surface area (Å²) >= 11 is 1.37. The van der Waals surface area contributed by atoms with E-state index in [1.54, 1.807) is 6.07 Å². The molecule has 0 saturated carbocycles. The summed E-state index contributed by atoms with van der Waals surface area (Å²) < 4.78 is 5.24. The maximum atomic E-state index is 12.3. The van der Waals surface area contributed by atoms with Gasteiger partial charge in [0.15, 0.2) is 0 Å². The van der Waals surface area contributed by atoms with E-state index in [-0.39, 0.29) is 11.5 Å². The Bertz CT molecular complexity index is 713. The van der Waals surface area contributed by atoms with E-state index in [1.807, 2.05) is 6.92 Å². The van der Waals surface area contributed by atoms with Crippen molar-refractivity contribution >= 4 is 28.2 Å². The number of hydrogen-bond acceptors (Lipinski definition) is 4. The zero-order valence-corrected chi connectivity index (χ0v) is 12.4. The third-order valence-electron chi connectivity index (χ3n) is 3.67. The highest BCUT2D eigenvalue weighted by molar-refractivity contribution is 7.17. The van der Waals surface area contributed by atoms with Crippen LogP contribution in [0.1, 0.15) is 50.3 Å². The average Bonchev–Trinajstić information content (AvgIpc) is 3.11. The molecule has 2 aromatic rings. The number of carbonyl (C=O) groups is 2. The molecule has 2 aromatic heterocycles. The maximum absolute atomic E-state index is 12.3. The first kappa shape index (κ1) is 13.9. The van der Waals surface area contributed by atoms with E-state index in [4.69, 9.17) is 4.42 Å². The number of nitrogens with one attached hydrogen (secondary N) is 1. The Morgan fingerprint density at radius 2 is 2.24 bits per heavy atom. The zero-order valence-electron chi connectivity index (χ0n) is 11.6. The molecule has 2 heterocycles. The molecular formula is C15H15NO4S. The highest BCUT2D eigenvalue weighted by atomic mass is 32.1. The lowest BCUT2D eigenvalue weighted by Crippen LogP contribution is -2.14. The van der Waals surface area contributed by atoms with Gasteiger partial charge in [-0.2, -0.15) is 0 Å². The van der Waals surface area contributed by atoms with Crippen LogP contribution in [0.3, 0.4) is 0 Å². The molecule has 6 heteroatoms. The number of rotatable bonds is 4. The van der Waals surface area contributed by atoms with Crippen LogP contribution in [0.25, 0.3) is 0 Å². The van der Waals surface area contributed by atoms with Gasteiger partial charge in [-0.3, -0.25) is 4.79 Å². The van der Waals surface area contributed by atoms with Gasteiger partial charge in [-0.05, 0) is 30.9 Å². The van der Waals surface area contributed by atoms with Crippen molar-refractivity contribution in [3.05, 3.63) is 39.7 Å². The van der Waals surface area contributed by atoms with Crippen molar-refractivity contribution < 1.29 is 19.1 Å². The van der Waals surface area contributed by atoms with Crippen LogP contribution in [-0.2, 0) is 19.3 Å². The Balaban J connectivity index is 1.92. The standard InChI is InChI=1S/C15H15NO4S/c1-2-10-8(6-7-20-10)13(17)16-14-12(15(18)19)9-4-3-5-11(9)21-14/h6-7H,2-5H2,1H3,(H,16,17)(H,18,19). The Morgan fingerprint density at radius 3 is 2.95 bits per heavy atom. The maximum Gasteiger partial charge on any atom is 0.339 e. The highest BCUT2D eigenvalue weighted by Crippen LogP contribution is 2.39. The number of aryl methyl sites for hydroxylation is 2. The first-order valence-corrected chi connectivity index (χ1v) is 7.69. The summed E-state index contributed by atoms with van der Waals surface area (Å²) in [6.45, 7) is 1.90. The third kappa shape index (κ3) is 2.35. The largest absolute Gasteiger partial charge is 0.478 e. The van der Waals surface area contributed by atoms with Crippen LogP contribution in [0, 0.1) is 0 Å². The molecule has 3 rings (SSSR count). The smallest absolute Gasteiger partial charge is 0.339 e. The molecule has 0 radical (unpaired) electrons. The molecule has 0 aliphatic heterocycles. The molecule has 0 atom stereocenters. The van der Waals surface area contributed by atoms with Gasteiger partial charge in [-0.15, -0.1) is 11.3 Å². The Kier molecular flexibility index (Phi) is 3.55. The van der Waals surface area contributed by atoms with E-state index in [9.17, 15) is 14.7 Å². The van der Waals surface area contributed by atoms with Crippen LogP contribution >= 0.6 is 11.3 Å². The molecule has 1 aliphatic rings. The van der Waals surface area contributed by atoms with Crippen molar-refractivity contribution in [1.29, 1.82) is 0 Å². The van der Waals surface area contributed by atoms with Gasteiger partial charge < -0.3 is 14.8 Å². The minimum absolute atomic E-state index is 0.252. The Labute approximate surface area is 125 Å². The molecule has 0 aromatic carbocycles. The summed E-state index contributed by atoms with van der Waals surface area (Å²) in [7, 11) is 0. The van der Waals surface area contributed by atoms with Crippen molar-refractivity contribution in [2.24, 2.45) is 0 Å². The average molecular weight is 305 g/mol. The summed E-state index contributed by atoms with van der Waals surface area (Å²) in [6.07, 6.45) is 4.73. The van der Waals surface area contributed by atoms with Crippen molar-refractivity contribution in [3.63, 3.8) is 0 Å². The summed E-state index contributed by atoms with van der Waals surface area (Å²) in [4.78, 5) is 24.8. The Morgan fingerprint density at radius 1 is 1.43 bits per heavy atom. The summed E-state index contributed by atoms with van der Waals surface area (Å²) in [5.74, 6) is -0.691. The van der Waals surface area contributed by atoms with Crippen molar-refractivity contribution in [2.45, 2.75) is 32.6 Å². The SMILES string of the molecule is CCc1occc1C(=O)Nc1sc2c(c1C(=O)O)CCC2. The number of amides is 1. The van der Waals surface area contributed by atoms with Gasteiger partial charge in [0.2, 0.25) is 0 Å². The second-order valence-electron chi connectivity index (χ2n) is 4.93. The number of hydrogen-bond donors (Lipinski definition) is 2. The van der Waals surface area contributed by atoms with E-state index in [2.05, 4.69) is 5.32 Å². The molecule has 5 nitrogen and oxygen atoms in total. The molecule has 2 N–H and O–H groups in total. The van der Waals surface area contributed by atoms with Crippen LogP contribution in [0.2, 0.25) is 0 Å². The first-order chi connectivity index (χ1) is 10.1. The van der Waals surface area contributed by atoms with Gasteiger partial charge in [0.1, 0.15) is 10.8 Å². The molecule has 110 valence electrons. The topological polar surface area (TPSA) is 79.5 Å². The van der Waals surface area contributed by atoms with Crippen LogP contribution in [0.15, 0.2) is 16.7 Å². The van der Waals surface area contributed by atoms with Crippen LogP contribution in [0.4, 0.5) is 5.00 Å². The fraction of sp³-hybridized carbons (Fsp3) is 0.333. The first-order valence-electron chi connectivity index (χ1n) is 6.87. The number of anilines is 1. The lowest BCUT2D eigenvalue weighted by atomic mass is 10.1. The second kappa shape index (κ2) is 5.37. The number of aromatic carboxylic acids is 1. The van der Waals surface area contributed by atoms with E-state index >= 15 is 0 Å². The molecule has 0 fully saturated rings. The van der Waals surface area contributed by atoms with E-state index in [1.165, 1.54) is 17.6 Å². The van der Waals surface area contributed by atoms with Gasteiger partial charge in [-0.1, -0.05) is 6.92 Å². The van der Waals surface area contributed by atoms with Crippen LogP contribution in [0.5, 0.6) is 0 Å². The Hall–Kier alpha value is -2.08. The molecule has 1 amide bonds. The van der Waals surface area contributed by atoms with Gasteiger partial charge in [0.25, 0.3) is 5.91 Å². The van der Waals surface area contributed by atoms with E-state index < -0.39 is 5.97 Å². The highest BCUT2D eigenvalue weighted by Gasteiger charge is 2.27. The molecule has 21 heavy (non-hydrogen) atoms. The van der Waals surface area contributed by atoms with Gasteiger partial charge in [-0.25, -0.2) is 4.79 Å². The van der Waals surface area contributed by atoms with Gasteiger partial charge in [0, 0.05) is 11.3 Å². The quantitative estimate of drug-likeness (QED) is 0.908. The molecule has 0 unspecified atom stereocenters. The predicted octanol–water partition coefficient (Wildman–Crippen LogP) is 3.34. The van der Waals surface area contributed by atoms with Crippen molar-refractivity contribution in [2.75, 3.05) is 5.32 Å². The predicted molar refractivity (Wildman–Crippen MR) is 79.3 cm³/mol. The third-order valence-corrected chi connectivity index (χ3v) is 4.88. The minimum Gasteiger partial charge on any atom is -0.478 e. The number of carboxylic acid groups (broad SMARTS) is 1. The lowest BCUT2D eigenvalue weighted by Gasteiger charge is -2.05. The molecule has 0 spiro atoms. The van der Waals surface area contributed by atoms with Gasteiger partial charge in [0.05, 0.1) is 17.4 Å². The number of furan rings is 1. The molecular weight excluding hydrogens is 290 g/mol. The fourth-order valence-electron chi connectivity index (χ4n) is 2.71. The summed E-state index contributed by atoms with van der Waals surface area (Å²) in [6, 6.07) is 1.61. The fourth-order valence-corrected chi connectivity index (χ4v) is 3.98. The number of thiophene rings is 1. The zero-order chi connectivity index (χ0) is 15.0. The molecule has 0 saturated heterocycles. The lowest BCUT2D eigenvalue weighted by molar-refractivity contribution is 0.0697. The minimum atomic E-state index is -0.979. The van der Waals surface area contributed by atoms with Crippen molar-refractivity contribution in [1.82, 2.24) is 0 Å². The normalized spacial score (nSPS) is 13.2. The molecule has 0 bridgehead atoms. The summed E-state index contributed by atoms with van der Waals surface area (Å²) in [5.41, 5.74) is 1.59. The van der Waals surface area contributed by atoms with E-state index in [0.717, 1.165) is 29.7 Å². The molecule has 1 aliphatic carbocycles.